The summed E-state index contributed by atoms with van der Waals surface area (Å²) in [5, 5.41) is 29.3. The van der Waals surface area contributed by atoms with Crippen molar-refractivity contribution in [3.05, 3.63) is 120 Å². The summed E-state index contributed by atoms with van der Waals surface area (Å²) < 4.78 is 7.54. The van der Waals surface area contributed by atoms with Gasteiger partial charge in [0.25, 0.3) is 0 Å². The van der Waals surface area contributed by atoms with Gasteiger partial charge in [-0.25, -0.2) is 14.6 Å². The summed E-state index contributed by atoms with van der Waals surface area (Å²) in [6.07, 6.45) is 3.37. The van der Waals surface area contributed by atoms with Gasteiger partial charge in [0, 0.05) is 6.42 Å². The number of hydrogen-bond acceptors (Lipinski definition) is 8. The number of unbranched alkanes of at least 4 members (excludes halogenated alkanes) is 2. The molecule has 0 amide bonds. The monoisotopic (exact) mass is 578 g/mol. The van der Waals surface area contributed by atoms with Crippen molar-refractivity contribution in [2.45, 2.75) is 56.1 Å². The molecule has 0 unspecified atom stereocenters. The fourth-order valence-electron chi connectivity index (χ4n) is 6.21. The average molecular weight is 579 g/mol. The van der Waals surface area contributed by atoms with Gasteiger partial charge in [0.15, 0.2) is 11.9 Å². The standard InChI is InChI=1S/C34H38N6O3/c35-32-31-27(39-40(33(31)37-23-36-32)30-21-28(42)29(22-41)43-30)19-11-4-12-20-38-34(24-13-5-1-6-14-24,25-15-7-2-8-16-25)26-17-9-3-10-18-26/h1-3,5-10,13-18,23,28-30,38,41-42H,4,11-12,19-22H2,(H2,35,36,37)/t28-,29+,30-/m0/s1. The third kappa shape index (κ3) is 5.77. The third-order valence-electron chi connectivity index (χ3n) is 8.35. The van der Waals surface area contributed by atoms with Crippen LogP contribution in [-0.4, -0.2) is 55.3 Å². The van der Waals surface area contributed by atoms with Crippen LogP contribution in [0, 0.1) is 0 Å². The van der Waals surface area contributed by atoms with Crippen molar-refractivity contribution in [3.63, 3.8) is 0 Å². The number of rotatable bonds is 12. The smallest absolute Gasteiger partial charge is 0.166 e. The second-order valence-corrected chi connectivity index (χ2v) is 11.0. The Morgan fingerprint density at radius 1 is 0.860 bits per heavy atom. The van der Waals surface area contributed by atoms with Gasteiger partial charge in [-0.2, -0.15) is 5.10 Å². The van der Waals surface area contributed by atoms with E-state index in [2.05, 4.69) is 106 Å². The fourth-order valence-corrected chi connectivity index (χ4v) is 6.21. The zero-order valence-corrected chi connectivity index (χ0v) is 24.1. The Hall–Kier alpha value is -4.15. The minimum Gasteiger partial charge on any atom is -0.394 e. The molecule has 9 nitrogen and oxygen atoms in total. The minimum absolute atomic E-state index is 0.255. The molecule has 1 aliphatic heterocycles. The van der Waals surface area contributed by atoms with Gasteiger partial charge in [-0.15, -0.1) is 0 Å². The number of nitrogens with zero attached hydrogens (tertiary/aromatic N) is 4. The number of hydrogen-bond donors (Lipinski definition) is 4. The van der Waals surface area contributed by atoms with Crippen molar-refractivity contribution in [2.24, 2.45) is 0 Å². The molecule has 1 saturated heterocycles. The normalized spacial score (nSPS) is 18.8. The topological polar surface area (TPSA) is 131 Å². The molecule has 1 fully saturated rings. The van der Waals surface area contributed by atoms with Crippen molar-refractivity contribution in [3.8, 4) is 0 Å². The number of nitrogens with one attached hydrogen (secondary N) is 1. The highest BCUT2D eigenvalue weighted by Gasteiger charge is 2.37. The van der Waals surface area contributed by atoms with Crippen LogP contribution in [0.4, 0.5) is 5.82 Å². The van der Waals surface area contributed by atoms with Crippen LogP contribution in [0.15, 0.2) is 97.3 Å². The SMILES string of the molecule is Nc1ncnc2c1c(CCCCCNC(c1ccccc1)(c1ccccc1)c1ccccc1)nn2[C@@H]1C[C@H](O)[C@@H](CO)O1. The van der Waals surface area contributed by atoms with Crippen molar-refractivity contribution in [2.75, 3.05) is 18.9 Å². The molecular weight excluding hydrogens is 540 g/mol. The van der Waals surface area contributed by atoms with Crippen LogP contribution in [0.1, 0.15) is 54.3 Å². The van der Waals surface area contributed by atoms with Gasteiger partial charge in [0.2, 0.25) is 0 Å². The van der Waals surface area contributed by atoms with Crippen LogP contribution in [0.5, 0.6) is 0 Å². The highest BCUT2D eigenvalue weighted by molar-refractivity contribution is 5.88. The number of aliphatic hydroxyl groups is 2. The van der Waals surface area contributed by atoms with Crippen LogP contribution in [0.25, 0.3) is 11.0 Å². The highest BCUT2D eigenvalue weighted by Crippen LogP contribution is 2.37. The van der Waals surface area contributed by atoms with E-state index in [-0.39, 0.29) is 6.61 Å². The first-order valence-corrected chi connectivity index (χ1v) is 15.0. The maximum Gasteiger partial charge on any atom is 0.166 e. The number of aromatic nitrogens is 4. The molecule has 6 rings (SSSR count). The summed E-state index contributed by atoms with van der Waals surface area (Å²) in [5.41, 5.74) is 10.8. The van der Waals surface area contributed by atoms with Crippen LogP contribution < -0.4 is 11.1 Å². The van der Waals surface area contributed by atoms with E-state index in [1.807, 2.05) is 0 Å². The Kier molecular flexibility index (Phi) is 8.76. The second kappa shape index (κ2) is 13.0. The molecule has 3 aromatic carbocycles. The molecule has 43 heavy (non-hydrogen) atoms. The molecule has 1 aliphatic rings. The van der Waals surface area contributed by atoms with E-state index in [0.717, 1.165) is 36.9 Å². The summed E-state index contributed by atoms with van der Waals surface area (Å²) in [6.45, 7) is 0.560. The molecule has 0 bridgehead atoms. The molecule has 5 N–H and O–H groups in total. The largest absolute Gasteiger partial charge is 0.394 e. The summed E-state index contributed by atoms with van der Waals surface area (Å²) in [7, 11) is 0. The first-order valence-electron chi connectivity index (χ1n) is 15.0. The molecule has 0 aliphatic carbocycles. The van der Waals surface area contributed by atoms with Crippen LogP contribution in [0.3, 0.4) is 0 Å². The summed E-state index contributed by atoms with van der Waals surface area (Å²) in [5.74, 6) is 0.378. The van der Waals surface area contributed by atoms with Crippen LogP contribution in [-0.2, 0) is 16.7 Å². The lowest BCUT2D eigenvalue weighted by Gasteiger charge is -2.37. The maximum atomic E-state index is 10.3. The van der Waals surface area contributed by atoms with Gasteiger partial charge < -0.3 is 20.7 Å². The molecule has 222 valence electrons. The molecule has 0 radical (unpaired) electrons. The van der Waals surface area contributed by atoms with E-state index in [9.17, 15) is 10.2 Å². The number of nitrogens with two attached hydrogens (primary N) is 1. The quantitative estimate of drug-likeness (QED) is 0.127. The first kappa shape index (κ1) is 28.9. The maximum absolute atomic E-state index is 10.3. The lowest BCUT2D eigenvalue weighted by Crippen LogP contribution is -2.45. The first-order chi connectivity index (χ1) is 21.1. The van der Waals surface area contributed by atoms with Crippen LogP contribution in [0.2, 0.25) is 0 Å². The lowest BCUT2D eigenvalue weighted by atomic mass is 9.77. The van der Waals surface area contributed by atoms with Gasteiger partial charge >= 0.3 is 0 Å². The minimum atomic E-state index is -0.765. The molecule has 2 aromatic heterocycles. The number of nitrogen functional groups attached to an aromatic ring is 1. The Bertz CT molecular complexity index is 1520. The fraction of sp³-hybridized carbons (Fsp3) is 0.324. The summed E-state index contributed by atoms with van der Waals surface area (Å²) in [6, 6.07) is 31.9. The highest BCUT2D eigenvalue weighted by atomic mass is 16.5. The van der Waals surface area contributed by atoms with Crippen molar-refractivity contribution >= 4 is 16.9 Å². The average Bonchev–Trinajstić information content (AvgIpc) is 3.62. The number of aliphatic hydroxyl groups excluding tert-OH is 2. The van der Waals surface area contributed by atoms with E-state index in [1.165, 1.54) is 23.0 Å². The number of benzene rings is 3. The van der Waals surface area contributed by atoms with E-state index in [1.54, 1.807) is 4.68 Å². The summed E-state index contributed by atoms with van der Waals surface area (Å²) >= 11 is 0. The van der Waals surface area contributed by atoms with Crippen LogP contribution >= 0.6 is 0 Å². The van der Waals surface area contributed by atoms with E-state index in [0.29, 0.717) is 24.3 Å². The van der Waals surface area contributed by atoms with Gasteiger partial charge in [0.05, 0.1) is 29.3 Å². The Balaban J connectivity index is 1.17. The zero-order chi connectivity index (χ0) is 29.6. The second-order valence-electron chi connectivity index (χ2n) is 11.0. The number of aryl methyl sites for hydroxylation is 1. The van der Waals surface area contributed by atoms with Crippen molar-refractivity contribution in [1.82, 2.24) is 25.1 Å². The van der Waals surface area contributed by atoms with E-state index in [4.69, 9.17) is 15.6 Å². The van der Waals surface area contributed by atoms with Gasteiger partial charge in [-0.05, 0) is 42.5 Å². The summed E-state index contributed by atoms with van der Waals surface area (Å²) in [4.78, 5) is 8.63. The third-order valence-corrected chi connectivity index (χ3v) is 8.35. The molecule has 3 atom stereocenters. The molecular formula is C34H38N6O3. The predicted molar refractivity (Wildman–Crippen MR) is 166 cm³/mol. The molecule has 0 saturated carbocycles. The van der Waals surface area contributed by atoms with Crippen molar-refractivity contribution < 1.29 is 14.9 Å². The van der Waals surface area contributed by atoms with Gasteiger partial charge in [0.1, 0.15) is 18.2 Å². The number of anilines is 1. The Morgan fingerprint density at radius 3 is 2.02 bits per heavy atom. The molecule has 5 aromatic rings. The molecule has 0 spiro atoms. The lowest BCUT2D eigenvalue weighted by molar-refractivity contribution is -0.0471. The molecule has 9 heteroatoms. The zero-order valence-electron chi connectivity index (χ0n) is 24.1. The Morgan fingerprint density at radius 2 is 1.47 bits per heavy atom. The Labute approximate surface area is 251 Å². The predicted octanol–water partition coefficient (Wildman–Crippen LogP) is 4.34. The van der Waals surface area contributed by atoms with Gasteiger partial charge in [-0.1, -0.05) is 97.4 Å². The van der Waals surface area contributed by atoms with E-state index >= 15 is 0 Å². The number of fused-ring (bicyclic) bond motifs is 1. The van der Waals surface area contributed by atoms with Crippen molar-refractivity contribution in [1.29, 1.82) is 0 Å². The number of ether oxygens (including phenoxy) is 1. The van der Waals surface area contributed by atoms with Gasteiger partial charge in [-0.3, -0.25) is 5.32 Å². The molecule has 3 heterocycles. The van der Waals surface area contributed by atoms with E-state index < -0.39 is 24.0 Å².